The third-order valence-corrected chi connectivity index (χ3v) is 6.46. The largest absolute Gasteiger partial charge is 0.382 e. The van der Waals surface area contributed by atoms with Crippen molar-refractivity contribution in [1.29, 1.82) is 0 Å². The van der Waals surface area contributed by atoms with Crippen LogP contribution in [0.15, 0.2) is 24.3 Å². The molecule has 3 rings (SSSR count). The molecule has 1 aliphatic carbocycles. The lowest BCUT2D eigenvalue weighted by molar-refractivity contribution is -0.132. The molecule has 0 radical (unpaired) electrons. The Balaban J connectivity index is 1.33. The molecule has 4 nitrogen and oxygen atoms in total. The van der Waals surface area contributed by atoms with Crippen LogP contribution < -0.4 is 0 Å². The first-order valence-corrected chi connectivity index (χ1v) is 11.2. The molecule has 4 heteroatoms. The lowest BCUT2D eigenvalue weighted by Gasteiger charge is -2.32. The summed E-state index contributed by atoms with van der Waals surface area (Å²) in [4.78, 5) is 14.6. The van der Waals surface area contributed by atoms with E-state index >= 15 is 0 Å². The van der Waals surface area contributed by atoms with Crippen molar-refractivity contribution in [1.82, 2.24) is 4.90 Å². The molecular formula is C24H37NO3. The van der Waals surface area contributed by atoms with E-state index < -0.39 is 0 Å². The van der Waals surface area contributed by atoms with Crippen molar-refractivity contribution in [3.05, 3.63) is 35.4 Å². The summed E-state index contributed by atoms with van der Waals surface area (Å²) in [7, 11) is 1.69. The van der Waals surface area contributed by atoms with E-state index in [-0.39, 0.29) is 0 Å². The van der Waals surface area contributed by atoms with Gasteiger partial charge in [-0.3, -0.25) is 4.79 Å². The van der Waals surface area contributed by atoms with Gasteiger partial charge in [0.2, 0.25) is 5.91 Å². The minimum atomic E-state index is 0.392. The predicted octanol–water partition coefficient (Wildman–Crippen LogP) is 4.60. The smallest absolute Gasteiger partial charge is 0.222 e. The van der Waals surface area contributed by atoms with Crippen molar-refractivity contribution in [2.24, 2.45) is 11.8 Å². The van der Waals surface area contributed by atoms with E-state index in [9.17, 15) is 4.79 Å². The zero-order valence-corrected chi connectivity index (χ0v) is 17.5. The van der Waals surface area contributed by atoms with E-state index in [1.54, 1.807) is 7.11 Å². The zero-order chi connectivity index (χ0) is 19.6. The molecule has 1 saturated carbocycles. The molecule has 156 valence electrons. The fourth-order valence-electron chi connectivity index (χ4n) is 4.61. The first kappa shape index (κ1) is 21.3. The lowest BCUT2D eigenvalue weighted by Crippen LogP contribution is -2.38. The molecule has 2 aliphatic rings. The summed E-state index contributed by atoms with van der Waals surface area (Å²) in [6, 6.07) is 8.80. The van der Waals surface area contributed by atoms with E-state index in [4.69, 9.17) is 9.47 Å². The number of benzene rings is 1. The molecule has 0 aromatic heterocycles. The minimum absolute atomic E-state index is 0.392. The predicted molar refractivity (Wildman–Crippen MR) is 112 cm³/mol. The van der Waals surface area contributed by atoms with Gasteiger partial charge in [0, 0.05) is 26.6 Å². The van der Waals surface area contributed by atoms with Crippen LogP contribution in [0, 0.1) is 11.8 Å². The molecule has 0 atom stereocenters. The van der Waals surface area contributed by atoms with Crippen molar-refractivity contribution in [3.8, 4) is 0 Å². The van der Waals surface area contributed by atoms with Crippen LogP contribution in [0.5, 0.6) is 0 Å². The Morgan fingerprint density at radius 2 is 1.64 bits per heavy atom. The number of amides is 1. The van der Waals surface area contributed by atoms with Gasteiger partial charge in [0.25, 0.3) is 0 Å². The van der Waals surface area contributed by atoms with Crippen LogP contribution >= 0.6 is 0 Å². The van der Waals surface area contributed by atoms with Gasteiger partial charge in [0.1, 0.15) is 0 Å². The molecule has 28 heavy (non-hydrogen) atoms. The number of hydrogen-bond acceptors (Lipinski definition) is 3. The van der Waals surface area contributed by atoms with Gasteiger partial charge in [-0.05, 0) is 48.6 Å². The van der Waals surface area contributed by atoms with Crippen molar-refractivity contribution in [2.45, 2.75) is 64.4 Å². The Kier molecular flexibility index (Phi) is 8.81. The molecule has 0 unspecified atom stereocenters. The van der Waals surface area contributed by atoms with Crippen molar-refractivity contribution in [3.63, 3.8) is 0 Å². The summed E-state index contributed by atoms with van der Waals surface area (Å²) >= 11 is 0. The summed E-state index contributed by atoms with van der Waals surface area (Å²) in [5.41, 5.74) is 2.61. The molecule has 0 bridgehead atoms. The van der Waals surface area contributed by atoms with Gasteiger partial charge >= 0.3 is 0 Å². The highest BCUT2D eigenvalue weighted by Gasteiger charge is 2.24. The van der Waals surface area contributed by atoms with Crippen LogP contribution in [0.4, 0.5) is 0 Å². The Morgan fingerprint density at radius 3 is 2.32 bits per heavy atom. The molecule has 1 aromatic rings. The van der Waals surface area contributed by atoms with E-state index in [2.05, 4.69) is 29.2 Å². The van der Waals surface area contributed by atoms with E-state index in [1.165, 1.54) is 36.8 Å². The van der Waals surface area contributed by atoms with Crippen molar-refractivity contribution >= 4 is 5.91 Å². The highest BCUT2D eigenvalue weighted by atomic mass is 16.5. The monoisotopic (exact) mass is 387 g/mol. The SMILES string of the molecule is COCCOCc1ccc(CC2CCN(C(=O)CCC3CCCC3)CC2)cc1. The van der Waals surface area contributed by atoms with E-state index in [0.717, 1.165) is 51.1 Å². The fourth-order valence-corrected chi connectivity index (χ4v) is 4.61. The molecule has 1 saturated heterocycles. The second-order valence-corrected chi connectivity index (χ2v) is 8.58. The van der Waals surface area contributed by atoms with Gasteiger partial charge in [-0.15, -0.1) is 0 Å². The maximum absolute atomic E-state index is 12.5. The molecule has 0 spiro atoms. The number of carbonyl (C=O) groups excluding carboxylic acids is 1. The van der Waals surface area contributed by atoms with Gasteiger partial charge in [0.15, 0.2) is 0 Å². The van der Waals surface area contributed by atoms with Crippen LogP contribution in [-0.2, 0) is 27.3 Å². The number of hydrogen-bond donors (Lipinski definition) is 0. The number of ether oxygens (including phenoxy) is 2. The van der Waals surface area contributed by atoms with Gasteiger partial charge in [0.05, 0.1) is 19.8 Å². The number of carbonyl (C=O) groups is 1. The third kappa shape index (κ3) is 6.89. The quantitative estimate of drug-likeness (QED) is 0.551. The maximum Gasteiger partial charge on any atom is 0.222 e. The highest BCUT2D eigenvalue weighted by Crippen LogP contribution is 2.29. The Morgan fingerprint density at radius 1 is 0.964 bits per heavy atom. The number of piperidine rings is 1. The van der Waals surface area contributed by atoms with Crippen molar-refractivity contribution < 1.29 is 14.3 Å². The minimum Gasteiger partial charge on any atom is -0.382 e. The first-order chi connectivity index (χ1) is 13.7. The summed E-state index contributed by atoms with van der Waals surface area (Å²) in [6.07, 6.45) is 10.7. The van der Waals surface area contributed by atoms with E-state index in [1.807, 2.05) is 0 Å². The standard InChI is InChI=1S/C24H37NO3/c1-27-16-17-28-19-23-8-6-21(7-9-23)18-22-12-14-25(15-13-22)24(26)11-10-20-4-2-3-5-20/h6-9,20,22H,2-5,10-19H2,1H3. The maximum atomic E-state index is 12.5. The summed E-state index contributed by atoms with van der Waals surface area (Å²) < 4.78 is 10.6. The Bertz CT molecular complexity index is 572. The van der Waals surface area contributed by atoms with Gasteiger partial charge in [-0.2, -0.15) is 0 Å². The molecular weight excluding hydrogens is 350 g/mol. The summed E-state index contributed by atoms with van der Waals surface area (Å²) in [5, 5.41) is 0. The Hall–Kier alpha value is -1.39. The molecule has 2 fully saturated rings. The molecule has 1 heterocycles. The van der Waals surface area contributed by atoms with Gasteiger partial charge in [-0.1, -0.05) is 49.9 Å². The van der Waals surface area contributed by atoms with Crippen molar-refractivity contribution in [2.75, 3.05) is 33.4 Å². The molecule has 1 aromatic carbocycles. The third-order valence-electron chi connectivity index (χ3n) is 6.46. The second kappa shape index (κ2) is 11.6. The number of methoxy groups -OCH3 is 1. The zero-order valence-electron chi connectivity index (χ0n) is 17.5. The van der Waals surface area contributed by atoms with Gasteiger partial charge < -0.3 is 14.4 Å². The molecule has 0 N–H and O–H groups in total. The topological polar surface area (TPSA) is 38.8 Å². The number of rotatable bonds is 10. The molecule has 1 aliphatic heterocycles. The lowest BCUT2D eigenvalue weighted by atomic mass is 9.89. The summed E-state index contributed by atoms with van der Waals surface area (Å²) in [5.74, 6) is 1.90. The van der Waals surface area contributed by atoms with Crippen LogP contribution in [0.2, 0.25) is 0 Å². The molecule has 1 amide bonds. The van der Waals surface area contributed by atoms with Crippen LogP contribution in [0.25, 0.3) is 0 Å². The number of likely N-dealkylation sites (tertiary alicyclic amines) is 1. The summed E-state index contributed by atoms with van der Waals surface area (Å²) in [6.45, 7) is 3.81. The first-order valence-electron chi connectivity index (χ1n) is 11.2. The second-order valence-electron chi connectivity index (χ2n) is 8.58. The average Bonchev–Trinajstić information content (AvgIpc) is 3.25. The normalized spacial score (nSPS) is 18.7. The van der Waals surface area contributed by atoms with Crippen LogP contribution in [-0.4, -0.2) is 44.2 Å². The van der Waals surface area contributed by atoms with Crippen LogP contribution in [0.3, 0.4) is 0 Å². The Labute approximate surface area is 170 Å². The fraction of sp³-hybridized carbons (Fsp3) is 0.708. The van der Waals surface area contributed by atoms with Gasteiger partial charge in [-0.25, -0.2) is 0 Å². The van der Waals surface area contributed by atoms with Crippen LogP contribution in [0.1, 0.15) is 62.5 Å². The average molecular weight is 388 g/mol. The highest BCUT2D eigenvalue weighted by molar-refractivity contribution is 5.76. The van der Waals surface area contributed by atoms with E-state index in [0.29, 0.717) is 31.6 Å². The number of nitrogens with zero attached hydrogens (tertiary/aromatic N) is 1.